The van der Waals surface area contributed by atoms with Crippen molar-refractivity contribution < 1.29 is 9.53 Å². The van der Waals surface area contributed by atoms with Crippen LogP contribution >= 0.6 is 11.5 Å². The number of nitrogens with two attached hydrogens (primary N) is 1. The molecule has 100 valence electrons. The van der Waals surface area contributed by atoms with Crippen LogP contribution in [0.1, 0.15) is 28.7 Å². The summed E-state index contributed by atoms with van der Waals surface area (Å²) in [5.74, 6) is 0.00944. The molecular weight excluding hydrogens is 252 g/mol. The number of hydrogen-bond acceptors (Lipinski definition) is 6. The number of ether oxygens (including phenoxy) is 1. The summed E-state index contributed by atoms with van der Waals surface area (Å²) in [4.78, 5) is 14.8. The molecule has 0 radical (unpaired) electrons. The fourth-order valence-electron chi connectivity index (χ4n) is 1.96. The Hall–Kier alpha value is -1.05. The van der Waals surface area contributed by atoms with Crippen molar-refractivity contribution >= 4 is 17.4 Å². The minimum Gasteiger partial charge on any atom is -0.373 e. The molecule has 0 aromatic carbocycles. The molecule has 1 aromatic heterocycles. The van der Waals surface area contributed by atoms with Gasteiger partial charge in [0.1, 0.15) is 4.88 Å². The van der Waals surface area contributed by atoms with Gasteiger partial charge in [-0.25, -0.2) is 0 Å². The van der Waals surface area contributed by atoms with Crippen LogP contribution in [0.3, 0.4) is 0 Å². The maximum Gasteiger partial charge on any atom is 0.267 e. The molecule has 1 fully saturated rings. The van der Waals surface area contributed by atoms with Crippen LogP contribution in [-0.2, 0) is 11.2 Å². The Morgan fingerprint density at radius 3 is 3.22 bits per heavy atom. The molecule has 18 heavy (non-hydrogen) atoms. The monoisotopic (exact) mass is 270 g/mol. The Bertz CT molecular complexity index is 410. The standard InChI is InChI=1S/C11H18N4O2S/c1-2-3-9-10(18-14-13-9)11(16)15-4-5-17-8(6-12)7-15/h8H,2-7,12H2,1H3. The van der Waals surface area contributed by atoms with Gasteiger partial charge in [0.2, 0.25) is 0 Å². The van der Waals surface area contributed by atoms with Crippen molar-refractivity contribution in [3.63, 3.8) is 0 Å². The molecule has 0 bridgehead atoms. The second-order valence-electron chi connectivity index (χ2n) is 4.28. The third-order valence-corrected chi connectivity index (χ3v) is 3.68. The van der Waals surface area contributed by atoms with E-state index in [1.165, 1.54) is 11.5 Å². The van der Waals surface area contributed by atoms with Crippen LogP contribution < -0.4 is 5.73 Å². The van der Waals surface area contributed by atoms with E-state index in [4.69, 9.17) is 10.5 Å². The fraction of sp³-hybridized carbons (Fsp3) is 0.727. The van der Waals surface area contributed by atoms with Gasteiger partial charge in [-0.15, -0.1) is 5.10 Å². The molecule has 1 amide bonds. The number of nitrogens with zero attached hydrogens (tertiary/aromatic N) is 3. The SMILES string of the molecule is CCCc1nnsc1C(=O)N1CCOC(CN)C1. The number of aryl methyl sites for hydroxylation is 1. The molecule has 6 nitrogen and oxygen atoms in total. The van der Waals surface area contributed by atoms with E-state index in [1.807, 2.05) is 0 Å². The van der Waals surface area contributed by atoms with Gasteiger partial charge in [-0.1, -0.05) is 17.8 Å². The molecule has 1 aliphatic rings. The van der Waals surface area contributed by atoms with Gasteiger partial charge in [0.15, 0.2) is 0 Å². The van der Waals surface area contributed by atoms with Crippen LogP contribution in [0.25, 0.3) is 0 Å². The normalized spacial score (nSPS) is 20.1. The van der Waals surface area contributed by atoms with Gasteiger partial charge in [0.05, 0.1) is 18.4 Å². The Labute approximate surface area is 110 Å². The summed E-state index contributed by atoms with van der Waals surface area (Å²) >= 11 is 1.18. The number of morpholine rings is 1. The first-order chi connectivity index (χ1) is 8.76. The van der Waals surface area contributed by atoms with Crippen LogP contribution in [0.15, 0.2) is 0 Å². The zero-order valence-corrected chi connectivity index (χ0v) is 11.3. The predicted molar refractivity (Wildman–Crippen MR) is 68.6 cm³/mol. The highest BCUT2D eigenvalue weighted by Crippen LogP contribution is 2.17. The van der Waals surface area contributed by atoms with E-state index < -0.39 is 0 Å². The summed E-state index contributed by atoms with van der Waals surface area (Å²) in [6.07, 6.45) is 1.70. The molecule has 1 aliphatic heterocycles. The highest BCUT2D eigenvalue weighted by Gasteiger charge is 2.27. The zero-order valence-electron chi connectivity index (χ0n) is 10.5. The quantitative estimate of drug-likeness (QED) is 0.850. The Balaban J connectivity index is 2.08. The summed E-state index contributed by atoms with van der Waals surface area (Å²) in [7, 11) is 0. The Morgan fingerprint density at radius 2 is 2.50 bits per heavy atom. The van der Waals surface area contributed by atoms with Crippen molar-refractivity contribution in [1.82, 2.24) is 14.5 Å². The van der Waals surface area contributed by atoms with E-state index in [-0.39, 0.29) is 12.0 Å². The topological polar surface area (TPSA) is 81.3 Å². The van der Waals surface area contributed by atoms with Crippen molar-refractivity contribution in [3.05, 3.63) is 10.6 Å². The fourth-order valence-corrected chi connectivity index (χ4v) is 2.64. The minimum absolute atomic E-state index is 0.00944. The Kier molecular flexibility index (Phi) is 4.62. The molecule has 0 saturated carbocycles. The van der Waals surface area contributed by atoms with Crippen LogP contribution in [-0.4, -0.2) is 52.7 Å². The first-order valence-corrected chi connectivity index (χ1v) is 6.95. The first kappa shape index (κ1) is 13.4. The lowest BCUT2D eigenvalue weighted by Gasteiger charge is -2.32. The Morgan fingerprint density at radius 1 is 1.67 bits per heavy atom. The highest BCUT2D eigenvalue weighted by molar-refractivity contribution is 7.08. The number of carbonyl (C=O) groups is 1. The first-order valence-electron chi connectivity index (χ1n) is 6.18. The number of aromatic nitrogens is 2. The average molecular weight is 270 g/mol. The third kappa shape index (κ3) is 2.85. The van der Waals surface area contributed by atoms with Crippen molar-refractivity contribution in [2.75, 3.05) is 26.2 Å². The van der Waals surface area contributed by atoms with E-state index in [9.17, 15) is 4.79 Å². The molecule has 2 rings (SSSR count). The maximum absolute atomic E-state index is 12.4. The summed E-state index contributed by atoms with van der Waals surface area (Å²) in [6, 6.07) is 0. The summed E-state index contributed by atoms with van der Waals surface area (Å²) in [5, 5.41) is 4.03. The van der Waals surface area contributed by atoms with Crippen molar-refractivity contribution in [1.29, 1.82) is 0 Å². The highest BCUT2D eigenvalue weighted by atomic mass is 32.1. The van der Waals surface area contributed by atoms with Gasteiger partial charge < -0.3 is 15.4 Å². The number of amides is 1. The lowest BCUT2D eigenvalue weighted by molar-refractivity contribution is -0.0166. The van der Waals surface area contributed by atoms with Crippen molar-refractivity contribution in [3.8, 4) is 0 Å². The number of rotatable bonds is 4. The van der Waals surface area contributed by atoms with E-state index >= 15 is 0 Å². The molecule has 1 saturated heterocycles. The van der Waals surface area contributed by atoms with Crippen LogP contribution in [0.2, 0.25) is 0 Å². The lowest BCUT2D eigenvalue weighted by atomic mass is 10.2. The largest absolute Gasteiger partial charge is 0.373 e. The third-order valence-electron chi connectivity index (χ3n) is 2.93. The molecular formula is C11H18N4O2S. The van der Waals surface area contributed by atoms with Crippen molar-refractivity contribution in [2.24, 2.45) is 5.73 Å². The molecule has 2 N–H and O–H groups in total. The molecule has 1 aromatic rings. The van der Waals surface area contributed by atoms with Crippen LogP contribution in [0, 0.1) is 0 Å². The summed E-state index contributed by atoms with van der Waals surface area (Å²) in [5.41, 5.74) is 6.39. The van der Waals surface area contributed by atoms with Crippen LogP contribution in [0.5, 0.6) is 0 Å². The molecule has 1 atom stereocenters. The van der Waals surface area contributed by atoms with Gasteiger partial charge in [-0.05, 0) is 18.0 Å². The molecule has 1 unspecified atom stereocenters. The number of carbonyl (C=O) groups excluding carboxylic acids is 1. The average Bonchev–Trinajstić information content (AvgIpc) is 2.86. The zero-order chi connectivity index (χ0) is 13.0. The second kappa shape index (κ2) is 6.21. The van der Waals surface area contributed by atoms with Gasteiger partial charge in [0, 0.05) is 19.6 Å². The molecule has 0 aliphatic carbocycles. The minimum atomic E-state index is -0.0572. The molecule has 7 heteroatoms. The predicted octanol–water partition coefficient (Wildman–Crippen LogP) is 0.290. The van der Waals surface area contributed by atoms with Crippen molar-refractivity contribution in [2.45, 2.75) is 25.9 Å². The maximum atomic E-state index is 12.4. The smallest absolute Gasteiger partial charge is 0.267 e. The second-order valence-corrected chi connectivity index (χ2v) is 5.03. The summed E-state index contributed by atoms with van der Waals surface area (Å²) in [6.45, 7) is 4.21. The van der Waals surface area contributed by atoms with E-state index in [0.717, 1.165) is 18.5 Å². The van der Waals surface area contributed by atoms with Gasteiger partial charge in [0.25, 0.3) is 5.91 Å². The van der Waals surface area contributed by atoms with E-state index in [1.54, 1.807) is 4.90 Å². The summed E-state index contributed by atoms with van der Waals surface area (Å²) < 4.78 is 9.34. The molecule has 2 heterocycles. The van der Waals surface area contributed by atoms with E-state index in [2.05, 4.69) is 16.5 Å². The van der Waals surface area contributed by atoms with Crippen LogP contribution in [0.4, 0.5) is 0 Å². The van der Waals surface area contributed by atoms with E-state index in [0.29, 0.717) is 31.1 Å². The lowest BCUT2D eigenvalue weighted by Crippen LogP contribution is -2.48. The molecule has 0 spiro atoms. The van der Waals surface area contributed by atoms with Gasteiger partial charge in [-0.3, -0.25) is 4.79 Å². The van der Waals surface area contributed by atoms with Gasteiger partial charge >= 0.3 is 0 Å². The van der Waals surface area contributed by atoms with Gasteiger partial charge in [-0.2, -0.15) is 0 Å². The number of hydrogen-bond donors (Lipinski definition) is 1.